The summed E-state index contributed by atoms with van der Waals surface area (Å²) < 4.78 is 4.98. The van der Waals surface area contributed by atoms with Crippen molar-refractivity contribution in [2.75, 3.05) is 5.75 Å². The number of esters is 1. The fourth-order valence-electron chi connectivity index (χ4n) is 0.737. The molecule has 0 unspecified atom stereocenters. The molecule has 0 bridgehead atoms. The standard InChI is InChI=1S/C6H10O2S.CH3.Cs/c1-5(7)8-6(4-9)2-3-6;;/h9H,2-4H2,1H3;1H3;/q;-1;+1. The van der Waals surface area contributed by atoms with E-state index in [0.29, 0.717) is 5.75 Å². The summed E-state index contributed by atoms with van der Waals surface area (Å²) in [7, 11) is 0. The van der Waals surface area contributed by atoms with Gasteiger partial charge in [-0.25, -0.2) is 0 Å². The van der Waals surface area contributed by atoms with E-state index < -0.39 is 0 Å². The molecule has 0 atom stereocenters. The predicted molar refractivity (Wildman–Crippen MR) is 44.0 cm³/mol. The van der Waals surface area contributed by atoms with Gasteiger partial charge in [-0.2, -0.15) is 12.6 Å². The summed E-state index contributed by atoms with van der Waals surface area (Å²) in [6.07, 6.45) is 1.96. The van der Waals surface area contributed by atoms with Crippen LogP contribution in [0, 0.1) is 7.43 Å². The van der Waals surface area contributed by atoms with E-state index >= 15 is 0 Å². The molecule has 0 aromatic carbocycles. The fraction of sp³-hybridized carbons (Fsp3) is 0.714. The van der Waals surface area contributed by atoms with Crippen LogP contribution in [0.2, 0.25) is 0 Å². The van der Waals surface area contributed by atoms with E-state index in [4.69, 9.17) is 4.74 Å². The van der Waals surface area contributed by atoms with Crippen LogP contribution in [-0.4, -0.2) is 17.3 Å². The zero-order chi connectivity index (χ0) is 6.91. The number of carbonyl (C=O) groups is 1. The van der Waals surface area contributed by atoms with E-state index in [1.165, 1.54) is 6.92 Å². The first kappa shape index (κ1) is 15.3. The van der Waals surface area contributed by atoms with E-state index in [1.54, 1.807) is 0 Å². The van der Waals surface area contributed by atoms with Gasteiger partial charge in [0.1, 0.15) is 5.60 Å². The minimum Gasteiger partial charge on any atom is -0.458 e. The number of thiol groups is 1. The summed E-state index contributed by atoms with van der Waals surface area (Å²) in [6.45, 7) is 1.43. The molecule has 0 amide bonds. The topological polar surface area (TPSA) is 26.3 Å². The maximum Gasteiger partial charge on any atom is 1.00 e. The van der Waals surface area contributed by atoms with Crippen LogP contribution in [0.4, 0.5) is 0 Å². The van der Waals surface area contributed by atoms with Crippen LogP contribution in [0.5, 0.6) is 0 Å². The van der Waals surface area contributed by atoms with Crippen molar-refractivity contribution < 1.29 is 78.4 Å². The van der Waals surface area contributed by atoms with Gasteiger partial charge in [-0.05, 0) is 12.8 Å². The van der Waals surface area contributed by atoms with Gasteiger partial charge in [-0.1, -0.05) is 0 Å². The largest absolute Gasteiger partial charge is 1.00 e. The molecule has 1 rings (SSSR count). The summed E-state index contributed by atoms with van der Waals surface area (Å²) in [5.74, 6) is 0.466. The molecule has 0 aromatic heterocycles. The molecule has 0 radical (unpaired) electrons. The molecule has 0 N–H and O–H groups in total. The second kappa shape index (κ2) is 6.34. The average molecular weight is 294 g/mol. The Kier molecular flexibility index (Phi) is 8.85. The number of carbonyl (C=O) groups excluding carboxylic acids is 1. The Bertz CT molecular complexity index is 134. The Hall–Kier alpha value is 1.87. The van der Waals surface area contributed by atoms with Crippen molar-refractivity contribution in [1.82, 2.24) is 0 Å². The maximum absolute atomic E-state index is 10.4. The van der Waals surface area contributed by atoms with Gasteiger partial charge in [0.15, 0.2) is 0 Å². The van der Waals surface area contributed by atoms with Gasteiger partial charge in [0, 0.05) is 12.7 Å². The molecule has 60 valence electrons. The van der Waals surface area contributed by atoms with E-state index in [2.05, 4.69) is 12.6 Å². The number of ether oxygens (including phenoxy) is 1. The van der Waals surface area contributed by atoms with Crippen molar-refractivity contribution in [2.45, 2.75) is 25.4 Å². The maximum atomic E-state index is 10.4. The third-order valence-corrected chi connectivity index (χ3v) is 2.03. The minimum absolute atomic E-state index is 0. The van der Waals surface area contributed by atoms with Crippen LogP contribution < -0.4 is 68.9 Å². The Labute approximate surface area is 133 Å². The Morgan fingerprint density at radius 1 is 1.64 bits per heavy atom. The van der Waals surface area contributed by atoms with Gasteiger partial charge in [0.25, 0.3) is 0 Å². The van der Waals surface area contributed by atoms with Crippen molar-refractivity contribution >= 4 is 18.6 Å². The van der Waals surface area contributed by atoms with Crippen LogP contribution in [0.3, 0.4) is 0 Å². The first-order valence-electron chi connectivity index (χ1n) is 2.99. The second-order valence-electron chi connectivity index (χ2n) is 2.43. The zero-order valence-corrected chi connectivity index (χ0v) is 14.6. The molecule has 0 aromatic rings. The molecule has 1 aliphatic rings. The quantitative estimate of drug-likeness (QED) is 0.380. The van der Waals surface area contributed by atoms with E-state index in [0.717, 1.165) is 12.8 Å². The summed E-state index contributed by atoms with van der Waals surface area (Å²) in [4.78, 5) is 10.4. The van der Waals surface area contributed by atoms with Crippen LogP contribution in [0.1, 0.15) is 19.8 Å². The van der Waals surface area contributed by atoms with Crippen molar-refractivity contribution in [3.8, 4) is 0 Å². The third-order valence-electron chi connectivity index (χ3n) is 1.46. The van der Waals surface area contributed by atoms with Crippen molar-refractivity contribution in [3.05, 3.63) is 7.43 Å². The van der Waals surface area contributed by atoms with E-state index in [-0.39, 0.29) is 87.9 Å². The van der Waals surface area contributed by atoms with Gasteiger partial charge < -0.3 is 12.2 Å². The molecule has 1 saturated carbocycles. The van der Waals surface area contributed by atoms with Crippen LogP contribution in [0.25, 0.3) is 0 Å². The Morgan fingerprint density at radius 3 is 2.18 bits per heavy atom. The summed E-state index contributed by atoms with van der Waals surface area (Å²) in [5, 5.41) is 0. The van der Waals surface area contributed by atoms with Gasteiger partial charge >= 0.3 is 74.9 Å². The normalized spacial score (nSPS) is 17.3. The Balaban J connectivity index is 0. The molecule has 0 saturated heterocycles. The van der Waals surface area contributed by atoms with Crippen molar-refractivity contribution in [2.24, 2.45) is 0 Å². The summed E-state index contributed by atoms with van der Waals surface area (Å²) in [6, 6.07) is 0. The number of hydrogen-bond acceptors (Lipinski definition) is 3. The van der Waals surface area contributed by atoms with Crippen LogP contribution in [-0.2, 0) is 9.53 Å². The molecule has 11 heavy (non-hydrogen) atoms. The van der Waals surface area contributed by atoms with Gasteiger partial charge in [-0.15, -0.1) is 0 Å². The molecular formula is C7H13CsO2S. The van der Waals surface area contributed by atoms with E-state index in [1.807, 2.05) is 0 Å². The molecule has 0 spiro atoms. The molecule has 0 heterocycles. The number of hydrogen-bond donors (Lipinski definition) is 1. The van der Waals surface area contributed by atoms with Crippen molar-refractivity contribution in [1.29, 1.82) is 0 Å². The first-order chi connectivity index (χ1) is 4.18. The van der Waals surface area contributed by atoms with Crippen molar-refractivity contribution in [3.63, 3.8) is 0 Å². The molecule has 1 fully saturated rings. The molecule has 2 nitrogen and oxygen atoms in total. The van der Waals surface area contributed by atoms with E-state index in [9.17, 15) is 4.79 Å². The fourth-order valence-corrected chi connectivity index (χ4v) is 1.12. The van der Waals surface area contributed by atoms with Crippen LogP contribution >= 0.6 is 12.6 Å². The average Bonchev–Trinajstić information content (AvgIpc) is 2.48. The van der Waals surface area contributed by atoms with Crippen LogP contribution in [0.15, 0.2) is 0 Å². The van der Waals surface area contributed by atoms with Gasteiger partial charge in [0.2, 0.25) is 0 Å². The first-order valence-corrected chi connectivity index (χ1v) is 3.62. The van der Waals surface area contributed by atoms with Gasteiger partial charge in [0.05, 0.1) is 0 Å². The molecular weight excluding hydrogens is 281 g/mol. The smallest absolute Gasteiger partial charge is 0.458 e. The predicted octanol–water partition coefficient (Wildman–Crippen LogP) is -1.53. The SMILES string of the molecule is CC(=O)OC1(CS)CC1.[CH3-].[Cs+]. The molecule has 0 aliphatic heterocycles. The third kappa shape index (κ3) is 5.23. The van der Waals surface area contributed by atoms with Gasteiger partial charge in [-0.3, -0.25) is 4.79 Å². The Morgan fingerprint density at radius 2 is 2.09 bits per heavy atom. The minimum atomic E-state index is -0.193. The second-order valence-corrected chi connectivity index (χ2v) is 2.75. The summed E-state index contributed by atoms with van der Waals surface area (Å²) in [5.41, 5.74) is -0.172. The number of rotatable bonds is 2. The summed E-state index contributed by atoms with van der Waals surface area (Å²) >= 11 is 4.06. The zero-order valence-electron chi connectivity index (χ0n) is 7.39. The molecule has 4 heteroatoms. The monoisotopic (exact) mass is 294 g/mol. The molecule has 1 aliphatic carbocycles.